The molecule has 0 spiro atoms. The first kappa shape index (κ1) is 27.9. The Morgan fingerprint density at radius 3 is 2.71 bits per heavy atom. The Morgan fingerprint density at radius 1 is 1.17 bits per heavy atom. The zero-order chi connectivity index (χ0) is 29.3. The summed E-state index contributed by atoms with van der Waals surface area (Å²) in [6, 6.07) is 9.95. The number of anilines is 4. The van der Waals surface area contributed by atoms with Crippen molar-refractivity contribution in [2.24, 2.45) is 0 Å². The number of nitrogens with one attached hydrogen (secondary N) is 2. The van der Waals surface area contributed by atoms with Crippen LogP contribution < -0.4 is 10.6 Å². The van der Waals surface area contributed by atoms with Crippen molar-refractivity contribution in [2.75, 3.05) is 23.7 Å². The molecule has 2 N–H and O–H groups in total. The molecule has 214 valence electrons. The molecule has 0 atom stereocenters. The van der Waals surface area contributed by atoms with E-state index >= 15 is 0 Å². The van der Waals surface area contributed by atoms with Crippen LogP contribution in [0.15, 0.2) is 30.5 Å². The van der Waals surface area contributed by atoms with Crippen molar-refractivity contribution in [1.82, 2.24) is 29.5 Å². The summed E-state index contributed by atoms with van der Waals surface area (Å²) in [5, 5.41) is 20.8. The molecule has 12 heteroatoms. The molecule has 12 nitrogen and oxygen atoms in total. The van der Waals surface area contributed by atoms with Crippen LogP contribution in [0.4, 0.5) is 28.1 Å². The Balaban J connectivity index is 1.33. The van der Waals surface area contributed by atoms with Crippen molar-refractivity contribution in [3.8, 4) is 6.07 Å². The molecule has 0 bridgehead atoms. The van der Waals surface area contributed by atoms with Gasteiger partial charge in [0.1, 0.15) is 17.2 Å². The molecule has 0 saturated heterocycles. The molecule has 0 aliphatic carbocycles. The third-order valence-corrected chi connectivity index (χ3v) is 7.01. The van der Waals surface area contributed by atoms with E-state index in [0.29, 0.717) is 49.8 Å². The largest absolute Gasteiger partial charge is 0.444 e. The van der Waals surface area contributed by atoms with Crippen molar-refractivity contribution in [2.45, 2.75) is 72.2 Å². The Bertz CT molecular complexity index is 1520. The highest BCUT2D eigenvalue weighted by atomic mass is 16.6. The first-order chi connectivity index (χ1) is 19.5. The van der Waals surface area contributed by atoms with Crippen molar-refractivity contribution in [3.05, 3.63) is 52.8 Å². The van der Waals surface area contributed by atoms with Crippen molar-refractivity contribution < 1.29 is 14.3 Å². The van der Waals surface area contributed by atoms with Crippen LogP contribution in [-0.4, -0.2) is 66.3 Å². The summed E-state index contributed by atoms with van der Waals surface area (Å²) in [4.78, 5) is 37.7. The van der Waals surface area contributed by atoms with Gasteiger partial charge < -0.3 is 25.2 Å². The number of aromatic nitrogens is 4. The van der Waals surface area contributed by atoms with E-state index in [1.165, 1.54) is 6.20 Å². The Hall–Kier alpha value is -4.66. The maximum absolute atomic E-state index is 12.7. The van der Waals surface area contributed by atoms with E-state index in [0.717, 1.165) is 22.5 Å². The number of nitrogens with zero attached hydrogens (tertiary/aromatic N) is 7. The standard InChI is InChI=1S/C29H35N9O3/c1-18(2)37-11-12-38-21(14-25(37)39)13-24(35-38)33-27-31-16-20(15-30)26(34-27)32-23-8-6-7-19-17-36(10-9-22(19)23)28(40)41-29(3,4)5/h6-8,13,16,18H,9-12,14,17H2,1-5H3,(H2,31,32,33,34,35). The third kappa shape index (κ3) is 6.24. The van der Waals surface area contributed by atoms with Crippen LogP contribution in [0.2, 0.25) is 0 Å². The minimum absolute atomic E-state index is 0.0757. The highest BCUT2D eigenvalue weighted by Gasteiger charge is 2.27. The van der Waals surface area contributed by atoms with Crippen molar-refractivity contribution in [3.63, 3.8) is 0 Å². The molecule has 0 unspecified atom stereocenters. The van der Waals surface area contributed by atoms with Gasteiger partial charge in [-0.2, -0.15) is 15.3 Å². The normalized spacial score (nSPS) is 15.1. The maximum Gasteiger partial charge on any atom is 0.410 e. The fourth-order valence-corrected chi connectivity index (χ4v) is 5.05. The number of hydrogen-bond acceptors (Lipinski definition) is 9. The number of hydrogen-bond donors (Lipinski definition) is 2. The molecule has 2 aliphatic heterocycles. The highest BCUT2D eigenvalue weighted by Crippen LogP contribution is 2.30. The second-order valence-electron chi connectivity index (χ2n) is 11.5. The molecule has 2 aromatic heterocycles. The number of carbonyl (C=O) groups is 2. The smallest absolute Gasteiger partial charge is 0.410 e. The lowest BCUT2D eigenvalue weighted by Gasteiger charge is -2.32. The van der Waals surface area contributed by atoms with Gasteiger partial charge in [0.2, 0.25) is 11.9 Å². The zero-order valence-electron chi connectivity index (χ0n) is 24.1. The zero-order valence-corrected chi connectivity index (χ0v) is 24.1. The molecular weight excluding hydrogens is 522 g/mol. The lowest BCUT2D eigenvalue weighted by atomic mass is 9.98. The molecule has 0 saturated carbocycles. The monoisotopic (exact) mass is 557 g/mol. The van der Waals surface area contributed by atoms with Crippen LogP contribution in [0.25, 0.3) is 0 Å². The topological polar surface area (TPSA) is 141 Å². The Labute approximate surface area is 239 Å². The van der Waals surface area contributed by atoms with E-state index in [1.54, 1.807) is 4.90 Å². The summed E-state index contributed by atoms with van der Waals surface area (Å²) in [6.07, 6.45) is 2.03. The fraction of sp³-hybridized carbons (Fsp3) is 0.448. The van der Waals surface area contributed by atoms with Crippen LogP contribution in [-0.2, 0) is 35.5 Å². The van der Waals surface area contributed by atoms with Crippen molar-refractivity contribution >= 4 is 35.3 Å². The molecule has 0 radical (unpaired) electrons. The van der Waals surface area contributed by atoms with Gasteiger partial charge in [0, 0.05) is 37.4 Å². The lowest BCUT2D eigenvalue weighted by Crippen LogP contribution is -2.40. The SMILES string of the molecule is CC(C)N1CCn2nc(Nc3ncc(C#N)c(Nc4cccc5c4CCN(C(=O)OC(C)(C)C)C5)n3)cc2CC1=O. The van der Waals surface area contributed by atoms with E-state index in [2.05, 4.69) is 31.8 Å². The van der Waals surface area contributed by atoms with Gasteiger partial charge in [-0.3, -0.25) is 9.48 Å². The van der Waals surface area contributed by atoms with E-state index in [1.807, 2.05) is 68.5 Å². The molecule has 41 heavy (non-hydrogen) atoms. The number of rotatable bonds is 5. The number of fused-ring (bicyclic) bond motifs is 2. The van der Waals surface area contributed by atoms with Gasteiger partial charge in [0.05, 0.1) is 24.9 Å². The van der Waals surface area contributed by atoms with E-state index in [-0.39, 0.29) is 30.4 Å². The Morgan fingerprint density at radius 2 is 1.98 bits per heavy atom. The Kier molecular flexibility index (Phi) is 7.53. The van der Waals surface area contributed by atoms with Crippen LogP contribution in [0, 0.1) is 11.3 Å². The number of amides is 2. The molecular formula is C29H35N9O3. The molecule has 4 heterocycles. The number of carbonyl (C=O) groups excluding carboxylic acids is 2. The minimum Gasteiger partial charge on any atom is -0.444 e. The van der Waals surface area contributed by atoms with Gasteiger partial charge in [-0.25, -0.2) is 9.78 Å². The predicted octanol–water partition coefficient (Wildman–Crippen LogP) is 4.12. The highest BCUT2D eigenvalue weighted by molar-refractivity contribution is 5.79. The van der Waals surface area contributed by atoms with Crippen LogP contribution >= 0.6 is 0 Å². The summed E-state index contributed by atoms with van der Waals surface area (Å²) < 4.78 is 7.38. The van der Waals surface area contributed by atoms with E-state index < -0.39 is 5.60 Å². The molecule has 1 aromatic carbocycles. The van der Waals surface area contributed by atoms with E-state index in [4.69, 9.17) is 4.74 Å². The lowest BCUT2D eigenvalue weighted by molar-refractivity contribution is -0.131. The van der Waals surface area contributed by atoms with Gasteiger partial charge in [-0.1, -0.05) is 12.1 Å². The maximum atomic E-state index is 12.7. The first-order valence-electron chi connectivity index (χ1n) is 13.8. The van der Waals surface area contributed by atoms with Crippen molar-refractivity contribution in [1.29, 1.82) is 5.26 Å². The minimum atomic E-state index is -0.561. The van der Waals surface area contributed by atoms with Gasteiger partial charge in [0.25, 0.3) is 0 Å². The van der Waals surface area contributed by atoms with Crippen LogP contribution in [0.1, 0.15) is 57.0 Å². The van der Waals surface area contributed by atoms with Crippen LogP contribution in [0.3, 0.4) is 0 Å². The van der Waals surface area contributed by atoms with Gasteiger partial charge in [-0.05, 0) is 58.2 Å². The van der Waals surface area contributed by atoms with Crippen LogP contribution in [0.5, 0.6) is 0 Å². The van der Waals surface area contributed by atoms with Gasteiger partial charge >= 0.3 is 6.09 Å². The molecule has 2 aliphatic rings. The van der Waals surface area contributed by atoms with Gasteiger partial charge in [0.15, 0.2) is 11.6 Å². The second kappa shape index (κ2) is 11.1. The summed E-state index contributed by atoms with van der Waals surface area (Å²) >= 11 is 0. The third-order valence-electron chi connectivity index (χ3n) is 7.01. The summed E-state index contributed by atoms with van der Waals surface area (Å²) in [5.74, 6) is 1.24. The number of nitriles is 1. The predicted molar refractivity (Wildman–Crippen MR) is 153 cm³/mol. The second-order valence-corrected chi connectivity index (χ2v) is 11.5. The average molecular weight is 558 g/mol. The summed E-state index contributed by atoms with van der Waals surface area (Å²) in [5.41, 5.74) is 3.43. The van der Waals surface area contributed by atoms with Gasteiger partial charge in [-0.15, -0.1) is 0 Å². The summed E-state index contributed by atoms with van der Waals surface area (Å²) in [7, 11) is 0. The molecule has 0 fully saturated rings. The summed E-state index contributed by atoms with van der Waals surface area (Å²) in [6.45, 7) is 11.7. The molecule has 2 amide bonds. The number of ether oxygens (including phenoxy) is 1. The molecule has 5 rings (SSSR count). The van der Waals surface area contributed by atoms with E-state index in [9.17, 15) is 14.9 Å². The fourth-order valence-electron chi connectivity index (χ4n) is 5.05. The number of benzene rings is 1. The molecule has 3 aromatic rings. The first-order valence-corrected chi connectivity index (χ1v) is 13.8. The average Bonchev–Trinajstić information content (AvgIpc) is 3.20. The quantitative estimate of drug-likeness (QED) is 0.474.